The number of hydrogen-bond donors (Lipinski definition) is 1. The molecule has 0 spiro atoms. The molecule has 18 heavy (non-hydrogen) atoms. The van der Waals surface area contributed by atoms with Crippen LogP contribution in [-0.4, -0.2) is 36.9 Å². The third-order valence-electron chi connectivity index (χ3n) is 2.80. The minimum Gasteiger partial charge on any atom is -0.480 e. The van der Waals surface area contributed by atoms with Gasteiger partial charge in [0, 0.05) is 11.0 Å². The summed E-state index contributed by atoms with van der Waals surface area (Å²) in [5.41, 5.74) is 1.09. The Labute approximate surface area is 113 Å². The molecule has 94 valence electrons. The summed E-state index contributed by atoms with van der Waals surface area (Å²) >= 11 is 3.29. The number of benzene rings is 1. The second-order valence-electron chi connectivity index (χ2n) is 3.90. The number of morpholine rings is 1. The molecule has 1 N–H and O–H groups in total. The first-order valence-electron chi connectivity index (χ1n) is 5.40. The molecule has 1 fully saturated rings. The lowest BCUT2D eigenvalue weighted by Gasteiger charge is -2.35. The zero-order chi connectivity index (χ0) is 13.1. The Bertz CT molecular complexity index is 513. The summed E-state index contributed by atoms with van der Waals surface area (Å²) in [6.07, 6.45) is 0. The van der Waals surface area contributed by atoms with E-state index in [1.165, 1.54) is 0 Å². The first kappa shape index (κ1) is 12.9. The molecule has 1 aromatic rings. The SMILES string of the molecule is N#Cc1cc(Br)ccc1N1CCOCC1C(=O)O. The van der Waals surface area contributed by atoms with Crippen LogP contribution in [0.2, 0.25) is 0 Å². The van der Waals surface area contributed by atoms with Gasteiger partial charge in [-0.1, -0.05) is 15.9 Å². The first-order valence-corrected chi connectivity index (χ1v) is 6.19. The van der Waals surface area contributed by atoms with Crippen LogP contribution in [0.3, 0.4) is 0 Å². The van der Waals surface area contributed by atoms with Gasteiger partial charge in [-0.3, -0.25) is 0 Å². The highest BCUT2D eigenvalue weighted by molar-refractivity contribution is 9.10. The maximum Gasteiger partial charge on any atom is 0.328 e. The van der Waals surface area contributed by atoms with Crippen LogP contribution in [0, 0.1) is 11.3 Å². The second-order valence-corrected chi connectivity index (χ2v) is 4.81. The molecule has 1 aliphatic heterocycles. The summed E-state index contributed by atoms with van der Waals surface area (Å²) in [7, 11) is 0. The smallest absolute Gasteiger partial charge is 0.328 e. The predicted octanol–water partition coefficient (Wildman–Crippen LogP) is 1.61. The number of hydrogen-bond acceptors (Lipinski definition) is 4. The van der Waals surface area contributed by atoms with Crippen LogP contribution in [0.15, 0.2) is 22.7 Å². The van der Waals surface area contributed by atoms with Crippen molar-refractivity contribution in [1.82, 2.24) is 0 Å². The summed E-state index contributed by atoms with van der Waals surface area (Å²) in [6, 6.07) is 6.58. The molecule has 5 nitrogen and oxygen atoms in total. The van der Waals surface area contributed by atoms with Crippen molar-refractivity contribution in [2.75, 3.05) is 24.7 Å². The Morgan fingerprint density at radius 1 is 1.61 bits per heavy atom. The lowest BCUT2D eigenvalue weighted by Crippen LogP contribution is -2.50. The van der Waals surface area contributed by atoms with Gasteiger partial charge in [-0.15, -0.1) is 0 Å². The topological polar surface area (TPSA) is 73.6 Å². The first-order chi connectivity index (χ1) is 8.63. The molecule has 2 rings (SSSR count). The van der Waals surface area contributed by atoms with Gasteiger partial charge in [0.1, 0.15) is 6.07 Å². The molecular formula is C12H11BrN2O3. The van der Waals surface area contributed by atoms with Gasteiger partial charge in [0.2, 0.25) is 0 Å². The predicted molar refractivity (Wildman–Crippen MR) is 68.4 cm³/mol. The molecule has 1 aliphatic rings. The number of aliphatic carboxylic acids is 1. The number of nitriles is 1. The molecule has 1 saturated heterocycles. The number of carboxylic acid groups (broad SMARTS) is 1. The fourth-order valence-electron chi connectivity index (χ4n) is 1.94. The van der Waals surface area contributed by atoms with E-state index in [1.807, 2.05) is 0 Å². The monoisotopic (exact) mass is 310 g/mol. The van der Waals surface area contributed by atoms with Gasteiger partial charge in [-0.05, 0) is 18.2 Å². The highest BCUT2D eigenvalue weighted by Gasteiger charge is 2.30. The van der Waals surface area contributed by atoms with Crippen molar-refractivity contribution in [3.8, 4) is 6.07 Å². The van der Waals surface area contributed by atoms with E-state index in [1.54, 1.807) is 23.1 Å². The molecule has 0 saturated carbocycles. The highest BCUT2D eigenvalue weighted by Crippen LogP contribution is 2.27. The Balaban J connectivity index is 2.40. The molecule has 0 radical (unpaired) electrons. The lowest BCUT2D eigenvalue weighted by atomic mass is 10.1. The van der Waals surface area contributed by atoms with Gasteiger partial charge in [0.05, 0.1) is 24.5 Å². The number of rotatable bonds is 2. The van der Waals surface area contributed by atoms with Crippen molar-refractivity contribution < 1.29 is 14.6 Å². The van der Waals surface area contributed by atoms with Crippen LogP contribution in [0.25, 0.3) is 0 Å². The maximum atomic E-state index is 11.2. The number of carboxylic acids is 1. The Kier molecular flexibility index (Phi) is 3.84. The van der Waals surface area contributed by atoms with E-state index < -0.39 is 12.0 Å². The summed E-state index contributed by atoms with van der Waals surface area (Å²) < 4.78 is 5.97. The van der Waals surface area contributed by atoms with Crippen molar-refractivity contribution in [2.24, 2.45) is 0 Å². The van der Waals surface area contributed by atoms with Crippen LogP contribution < -0.4 is 4.90 Å². The maximum absolute atomic E-state index is 11.2. The summed E-state index contributed by atoms with van der Waals surface area (Å²) in [6.45, 7) is 1.06. The molecule has 0 aliphatic carbocycles. The molecule has 1 heterocycles. The minimum absolute atomic E-state index is 0.135. The van der Waals surface area contributed by atoms with Crippen LogP contribution in [0.4, 0.5) is 5.69 Å². The molecule has 6 heteroatoms. The Morgan fingerprint density at radius 3 is 3.06 bits per heavy atom. The lowest BCUT2D eigenvalue weighted by molar-refractivity contribution is -0.141. The van der Waals surface area contributed by atoms with Crippen LogP contribution in [0.5, 0.6) is 0 Å². The van der Waals surface area contributed by atoms with E-state index in [-0.39, 0.29) is 6.61 Å². The van der Waals surface area contributed by atoms with Gasteiger partial charge in [0.15, 0.2) is 6.04 Å². The van der Waals surface area contributed by atoms with Crippen LogP contribution >= 0.6 is 15.9 Å². The van der Waals surface area contributed by atoms with Crippen molar-refractivity contribution in [1.29, 1.82) is 5.26 Å². The summed E-state index contributed by atoms with van der Waals surface area (Å²) in [5.74, 6) is -0.943. The van der Waals surface area contributed by atoms with E-state index in [0.29, 0.717) is 24.4 Å². The Morgan fingerprint density at radius 2 is 2.39 bits per heavy atom. The molecule has 1 atom stereocenters. The van der Waals surface area contributed by atoms with Gasteiger partial charge < -0.3 is 14.7 Å². The normalized spacial score (nSPS) is 19.3. The van der Waals surface area contributed by atoms with Crippen molar-refractivity contribution >= 4 is 27.6 Å². The van der Waals surface area contributed by atoms with Gasteiger partial charge in [0.25, 0.3) is 0 Å². The van der Waals surface area contributed by atoms with E-state index in [2.05, 4.69) is 22.0 Å². The average Bonchev–Trinajstić information content (AvgIpc) is 2.38. The number of nitrogens with zero attached hydrogens (tertiary/aromatic N) is 2. The Hall–Kier alpha value is -1.58. The van der Waals surface area contributed by atoms with Crippen LogP contribution in [-0.2, 0) is 9.53 Å². The quantitative estimate of drug-likeness (QED) is 0.898. The third kappa shape index (κ3) is 2.47. The second kappa shape index (κ2) is 5.38. The zero-order valence-corrected chi connectivity index (χ0v) is 11.1. The number of ether oxygens (including phenoxy) is 1. The van der Waals surface area contributed by atoms with Crippen molar-refractivity contribution in [2.45, 2.75) is 6.04 Å². The standard InChI is InChI=1S/C12H11BrN2O3/c13-9-1-2-10(8(5-9)6-14)15-3-4-18-7-11(15)12(16)17/h1-2,5,11H,3-4,7H2,(H,16,17). The van der Waals surface area contributed by atoms with Crippen LogP contribution in [0.1, 0.15) is 5.56 Å². The highest BCUT2D eigenvalue weighted by atomic mass is 79.9. The number of halogens is 1. The zero-order valence-electron chi connectivity index (χ0n) is 9.47. The van der Waals surface area contributed by atoms with E-state index in [0.717, 1.165) is 4.47 Å². The molecule has 0 bridgehead atoms. The molecule has 1 unspecified atom stereocenters. The van der Waals surface area contributed by atoms with Gasteiger partial charge in [-0.25, -0.2) is 4.79 Å². The fraction of sp³-hybridized carbons (Fsp3) is 0.333. The minimum atomic E-state index is -0.943. The third-order valence-corrected chi connectivity index (χ3v) is 3.30. The van der Waals surface area contributed by atoms with E-state index in [9.17, 15) is 9.90 Å². The molecule has 1 aromatic carbocycles. The fourth-order valence-corrected chi connectivity index (χ4v) is 2.31. The molecule has 0 amide bonds. The van der Waals surface area contributed by atoms with Gasteiger partial charge >= 0.3 is 5.97 Å². The average molecular weight is 311 g/mol. The number of carbonyl (C=O) groups is 1. The van der Waals surface area contributed by atoms with Gasteiger partial charge in [-0.2, -0.15) is 5.26 Å². The largest absolute Gasteiger partial charge is 0.480 e. The van der Waals surface area contributed by atoms with Crippen molar-refractivity contribution in [3.05, 3.63) is 28.2 Å². The van der Waals surface area contributed by atoms with E-state index in [4.69, 9.17) is 10.00 Å². The van der Waals surface area contributed by atoms with Crippen molar-refractivity contribution in [3.63, 3.8) is 0 Å². The summed E-state index contributed by atoms with van der Waals surface area (Å²) in [5, 5.41) is 18.3. The molecular weight excluding hydrogens is 300 g/mol. The summed E-state index contributed by atoms with van der Waals surface area (Å²) in [4.78, 5) is 12.9. The van der Waals surface area contributed by atoms with E-state index >= 15 is 0 Å². The number of anilines is 1. The molecule has 0 aromatic heterocycles.